The van der Waals surface area contributed by atoms with E-state index in [1.165, 1.54) is 21.5 Å². The van der Waals surface area contributed by atoms with Crippen molar-refractivity contribution in [2.24, 2.45) is 0 Å². The summed E-state index contributed by atoms with van der Waals surface area (Å²) in [5.74, 6) is 1.76. The van der Waals surface area contributed by atoms with Crippen LogP contribution >= 0.6 is 0 Å². The topological polar surface area (TPSA) is 77.3 Å². The summed E-state index contributed by atoms with van der Waals surface area (Å²) in [6, 6.07) is 46.0. The Bertz CT molecular complexity index is 2510. The number of nitrogens with zero attached hydrogens (tertiary/aromatic N) is 6. The van der Waals surface area contributed by atoms with E-state index in [-0.39, 0.29) is 0 Å². The van der Waals surface area contributed by atoms with Crippen molar-refractivity contribution in [3.63, 3.8) is 0 Å². The molecule has 0 radical (unpaired) electrons. The zero-order chi connectivity index (χ0) is 31.9. The van der Waals surface area contributed by atoms with Crippen LogP contribution in [-0.4, -0.2) is 29.9 Å². The van der Waals surface area contributed by atoms with Gasteiger partial charge in [0.2, 0.25) is 0 Å². The minimum Gasteiger partial charge on any atom is -0.265 e. The molecule has 0 unspecified atom stereocenters. The van der Waals surface area contributed by atoms with Gasteiger partial charge < -0.3 is 0 Å². The first-order valence-electron chi connectivity index (χ1n) is 15.8. The predicted octanol–water partition coefficient (Wildman–Crippen LogP) is 9.85. The molecule has 0 fully saturated rings. The maximum atomic E-state index is 5.16. The first kappa shape index (κ1) is 27.6. The summed E-state index contributed by atoms with van der Waals surface area (Å²) in [5, 5.41) is 6.03. The first-order chi connectivity index (χ1) is 23.8. The Balaban J connectivity index is 1.08. The molecule has 6 nitrogen and oxygen atoms in total. The first-order valence-corrected chi connectivity index (χ1v) is 15.8. The van der Waals surface area contributed by atoms with Crippen molar-refractivity contribution >= 4 is 32.4 Å². The van der Waals surface area contributed by atoms with Crippen molar-refractivity contribution in [3.05, 3.63) is 158 Å². The van der Waals surface area contributed by atoms with Crippen molar-refractivity contribution in [1.82, 2.24) is 29.9 Å². The molecule has 0 spiro atoms. The monoisotopic (exact) mass is 614 g/mol. The maximum absolute atomic E-state index is 5.16. The Morgan fingerprint density at radius 3 is 1.65 bits per heavy atom. The van der Waals surface area contributed by atoms with E-state index in [9.17, 15) is 0 Å². The lowest BCUT2D eigenvalue weighted by Gasteiger charge is -2.13. The molecule has 0 aliphatic carbocycles. The molecule has 6 heteroatoms. The second-order valence-electron chi connectivity index (χ2n) is 11.6. The summed E-state index contributed by atoms with van der Waals surface area (Å²) in [6.07, 6.45) is 6.98. The fraction of sp³-hybridized carbons (Fsp3) is 0. The highest BCUT2D eigenvalue weighted by molar-refractivity contribution is 6.22. The third-order valence-electron chi connectivity index (χ3n) is 8.72. The fourth-order valence-corrected chi connectivity index (χ4v) is 6.33. The third kappa shape index (κ3) is 4.93. The maximum Gasteiger partial charge on any atom is 0.165 e. The predicted molar refractivity (Wildman–Crippen MR) is 193 cm³/mol. The van der Waals surface area contributed by atoms with Gasteiger partial charge in [0, 0.05) is 63.2 Å². The number of benzene rings is 5. The fourth-order valence-electron chi connectivity index (χ4n) is 6.33. The molecule has 0 saturated heterocycles. The number of para-hydroxylation sites is 1. The average molecular weight is 615 g/mol. The van der Waals surface area contributed by atoms with E-state index in [4.69, 9.17) is 19.9 Å². The van der Waals surface area contributed by atoms with Crippen LogP contribution in [0.3, 0.4) is 0 Å². The van der Waals surface area contributed by atoms with Gasteiger partial charge in [-0.15, -0.1) is 0 Å². The molecule has 4 heterocycles. The van der Waals surface area contributed by atoms with Gasteiger partial charge >= 0.3 is 0 Å². The van der Waals surface area contributed by atoms with Crippen molar-refractivity contribution < 1.29 is 0 Å². The number of hydrogen-bond acceptors (Lipinski definition) is 6. The highest BCUT2D eigenvalue weighted by Gasteiger charge is 2.15. The molecule has 224 valence electrons. The van der Waals surface area contributed by atoms with Gasteiger partial charge in [-0.3, -0.25) is 9.97 Å². The van der Waals surface area contributed by atoms with Gasteiger partial charge in [-0.05, 0) is 52.2 Å². The molecule has 4 aromatic heterocycles. The molecule has 0 bridgehead atoms. The molecule has 5 aromatic carbocycles. The highest BCUT2D eigenvalue weighted by Crippen LogP contribution is 2.37. The van der Waals surface area contributed by atoms with E-state index in [2.05, 4.69) is 119 Å². The van der Waals surface area contributed by atoms with E-state index < -0.39 is 0 Å². The van der Waals surface area contributed by atoms with E-state index >= 15 is 0 Å². The lowest BCUT2D eigenvalue weighted by atomic mass is 9.94. The third-order valence-corrected chi connectivity index (χ3v) is 8.72. The molecule has 0 aliphatic rings. The minimum atomic E-state index is 0.572. The molecule has 48 heavy (non-hydrogen) atoms. The second kappa shape index (κ2) is 11.6. The molecular formula is C42H26N6. The van der Waals surface area contributed by atoms with Gasteiger partial charge in [-0.1, -0.05) is 103 Å². The highest BCUT2D eigenvalue weighted by atomic mass is 15.0. The van der Waals surface area contributed by atoms with Crippen LogP contribution in [0.5, 0.6) is 0 Å². The van der Waals surface area contributed by atoms with Gasteiger partial charge in [0.15, 0.2) is 17.5 Å². The quantitative estimate of drug-likeness (QED) is 0.180. The van der Waals surface area contributed by atoms with Crippen molar-refractivity contribution in [1.29, 1.82) is 0 Å². The van der Waals surface area contributed by atoms with E-state index in [0.717, 1.165) is 50.0 Å². The van der Waals surface area contributed by atoms with Crippen LogP contribution in [0.1, 0.15) is 0 Å². The standard InChI is InChI=1S/C42H26N6/c1-2-8-34-29(6-1)19-20-36-38(34)35-9-3-4-10-37(35)45-39(36)30-15-11-27(12-16-30)28-13-17-31(18-14-28)40-46-41(32-21-24-43-25-22-32)48-42(47-40)33-7-5-23-44-26-33/h1-26H. The second-order valence-corrected chi connectivity index (χ2v) is 11.6. The van der Waals surface area contributed by atoms with Crippen molar-refractivity contribution in [3.8, 4) is 56.5 Å². The van der Waals surface area contributed by atoms with Crippen LogP contribution < -0.4 is 0 Å². The molecule has 0 amide bonds. The summed E-state index contributed by atoms with van der Waals surface area (Å²) in [6.45, 7) is 0. The minimum absolute atomic E-state index is 0.572. The summed E-state index contributed by atoms with van der Waals surface area (Å²) in [4.78, 5) is 28.0. The zero-order valence-corrected chi connectivity index (χ0v) is 25.7. The Morgan fingerprint density at radius 2 is 0.938 bits per heavy atom. The molecular weight excluding hydrogens is 589 g/mol. The van der Waals surface area contributed by atoms with Gasteiger partial charge in [0.1, 0.15) is 0 Å². The molecule has 0 aliphatic heterocycles. The van der Waals surface area contributed by atoms with E-state index in [1.54, 1.807) is 24.8 Å². The molecule has 0 saturated carbocycles. The lowest BCUT2D eigenvalue weighted by Crippen LogP contribution is -2.00. The Kier molecular flexibility index (Phi) is 6.68. The van der Waals surface area contributed by atoms with Crippen molar-refractivity contribution in [2.75, 3.05) is 0 Å². The van der Waals surface area contributed by atoms with Crippen molar-refractivity contribution in [2.45, 2.75) is 0 Å². The number of pyridine rings is 3. The van der Waals surface area contributed by atoms with Gasteiger partial charge in [-0.2, -0.15) is 0 Å². The smallest absolute Gasteiger partial charge is 0.165 e. The van der Waals surface area contributed by atoms with Gasteiger partial charge in [0.25, 0.3) is 0 Å². The largest absolute Gasteiger partial charge is 0.265 e. The molecule has 0 atom stereocenters. The lowest BCUT2D eigenvalue weighted by molar-refractivity contribution is 1.07. The van der Waals surface area contributed by atoms with Crippen LogP contribution in [0.4, 0.5) is 0 Å². The van der Waals surface area contributed by atoms with Gasteiger partial charge in [-0.25, -0.2) is 19.9 Å². The van der Waals surface area contributed by atoms with E-state index in [1.807, 2.05) is 24.3 Å². The number of aromatic nitrogens is 6. The summed E-state index contributed by atoms with van der Waals surface area (Å²) in [7, 11) is 0. The van der Waals surface area contributed by atoms with Crippen LogP contribution in [-0.2, 0) is 0 Å². The average Bonchev–Trinajstić information content (AvgIpc) is 3.18. The number of hydrogen-bond donors (Lipinski definition) is 0. The van der Waals surface area contributed by atoms with Crippen LogP contribution in [0.25, 0.3) is 89.0 Å². The summed E-state index contributed by atoms with van der Waals surface area (Å²) >= 11 is 0. The van der Waals surface area contributed by atoms with Crippen LogP contribution in [0, 0.1) is 0 Å². The molecule has 0 N–H and O–H groups in total. The summed E-state index contributed by atoms with van der Waals surface area (Å²) < 4.78 is 0. The zero-order valence-electron chi connectivity index (χ0n) is 25.7. The molecule has 9 rings (SSSR count). The van der Waals surface area contributed by atoms with Crippen LogP contribution in [0.2, 0.25) is 0 Å². The van der Waals surface area contributed by atoms with E-state index in [0.29, 0.717) is 17.5 Å². The van der Waals surface area contributed by atoms with Gasteiger partial charge in [0.05, 0.1) is 11.2 Å². The normalized spacial score (nSPS) is 11.3. The SMILES string of the molecule is c1cncc(-c2nc(-c3ccncc3)nc(-c3ccc(-c4ccc(-c5nc6ccccc6c6c5ccc5ccccc56)cc4)cc3)n2)c1. The summed E-state index contributed by atoms with van der Waals surface area (Å²) in [5.41, 5.74) is 7.88. The Labute approximate surface area is 276 Å². The van der Waals surface area contributed by atoms with Crippen LogP contribution in [0.15, 0.2) is 158 Å². The molecule has 9 aromatic rings. The number of fused-ring (bicyclic) bond motifs is 5. The Morgan fingerprint density at radius 1 is 0.333 bits per heavy atom. The Hall–Kier alpha value is -6.66. The number of rotatable bonds is 5.